The molecule has 0 radical (unpaired) electrons. The Morgan fingerprint density at radius 2 is 2.06 bits per heavy atom. The van der Waals surface area contributed by atoms with E-state index in [-0.39, 0.29) is 0 Å². The smallest absolute Gasteiger partial charge is 0.141 e. The second-order valence-corrected chi connectivity index (χ2v) is 4.54. The van der Waals surface area contributed by atoms with Gasteiger partial charge < -0.3 is 0 Å². The molecule has 0 bridgehead atoms. The molecule has 0 unspecified atom stereocenters. The summed E-state index contributed by atoms with van der Waals surface area (Å²) in [5.41, 5.74) is 0.414. The lowest BCUT2D eigenvalue weighted by molar-refractivity contribution is 1.21. The van der Waals surface area contributed by atoms with Crippen molar-refractivity contribution in [3.8, 4) is 6.07 Å². The van der Waals surface area contributed by atoms with Crippen LogP contribution in [-0.2, 0) is 0 Å². The topological polar surface area (TPSA) is 36.7 Å². The van der Waals surface area contributed by atoms with E-state index in [9.17, 15) is 0 Å². The molecule has 0 aliphatic heterocycles. The predicted molar refractivity (Wildman–Crippen MR) is 64.5 cm³/mol. The zero-order chi connectivity index (χ0) is 11.4. The highest BCUT2D eigenvalue weighted by Crippen LogP contribution is 2.32. The SMILES string of the molecule is N#Cc1cc(Sc2ccccc2Cl)ccn1. The van der Waals surface area contributed by atoms with E-state index in [4.69, 9.17) is 16.9 Å². The largest absolute Gasteiger partial charge is 0.245 e. The number of hydrogen-bond acceptors (Lipinski definition) is 3. The lowest BCUT2D eigenvalue weighted by Crippen LogP contribution is -1.82. The molecule has 0 saturated heterocycles. The van der Waals surface area contributed by atoms with Crippen molar-refractivity contribution in [2.45, 2.75) is 9.79 Å². The molecule has 78 valence electrons. The van der Waals surface area contributed by atoms with E-state index in [1.54, 1.807) is 12.3 Å². The molecule has 0 fully saturated rings. The Bertz CT molecular complexity index is 549. The number of benzene rings is 1. The minimum absolute atomic E-state index is 0.414. The van der Waals surface area contributed by atoms with Crippen molar-refractivity contribution >= 4 is 23.4 Å². The van der Waals surface area contributed by atoms with Gasteiger partial charge in [0.25, 0.3) is 0 Å². The third-order valence-electron chi connectivity index (χ3n) is 1.91. The van der Waals surface area contributed by atoms with Crippen molar-refractivity contribution < 1.29 is 0 Å². The number of rotatable bonds is 2. The molecule has 1 aromatic heterocycles. The Kier molecular flexibility index (Phi) is 3.45. The summed E-state index contributed by atoms with van der Waals surface area (Å²) in [5.74, 6) is 0. The van der Waals surface area contributed by atoms with Crippen LogP contribution in [0.1, 0.15) is 5.69 Å². The second-order valence-electron chi connectivity index (χ2n) is 3.02. The van der Waals surface area contributed by atoms with E-state index in [1.165, 1.54) is 11.8 Å². The van der Waals surface area contributed by atoms with Crippen molar-refractivity contribution in [3.63, 3.8) is 0 Å². The normalized spacial score (nSPS) is 9.75. The van der Waals surface area contributed by atoms with Gasteiger partial charge in [0.2, 0.25) is 0 Å². The van der Waals surface area contributed by atoms with Crippen LogP contribution in [0.5, 0.6) is 0 Å². The van der Waals surface area contributed by atoms with Gasteiger partial charge in [-0.1, -0.05) is 35.5 Å². The quantitative estimate of drug-likeness (QED) is 0.810. The van der Waals surface area contributed by atoms with Crippen LogP contribution in [0.25, 0.3) is 0 Å². The summed E-state index contributed by atoms with van der Waals surface area (Å²) >= 11 is 7.57. The fourth-order valence-corrected chi connectivity index (χ4v) is 2.31. The fourth-order valence-electron chi connectivity index (χ4n) is 1.19. The summed E-state index contributed by atoms with van der Waals surface area (Å²) in [6.07, 6.45) is 1.62. The molecular formula is C12H7ClN2S. The van der Waals surface area contributed by atoms with Crippen molar-refractivity contribution in [3.05, 3.63) is 53.3 Å². The first kappa shape index (κ1) is 11.0. The maximum atomic E-state index is 8.73. The number of aromatic nitrogens is 1. The van der Waals surface area contributed by atoms with Crippen molar-refractivity contribution in [2.24, 2.45) is 0 Å². The predicted octanol–water partition coefficient (Wildman–Crippen LogP) is 3.76. The second kappa shape index (κ2) is 5.02. The number of pyridine rings is 1. The molecule has 1 aromatic carbocycles. The van der Waals surface area contributed by atoms with Crippen LogP contribution in [-0.4, -0.2) is 4.98 Å². The molecule has 0 aliphatic rings. The average molecular weight is 247 g/mol. The molecule has 4 heteroatoms. The summed E-state index contributed by atoms with van der Waals surface area (Å²) in [5, 5.41) is 9.45. The molecule has 0 amide bonds. The highest BCUT2D eigenvalue weighted by atomic mass is 35.5. The van der Waals surface area contributed by atoms with Gasteiger partial charge >= 0.3 is 0 Å². The van der Waals surface area contributed by atoms with Crippen LogP contribution >= 0.6 is 23.4 Å². The molecule has 0 aliphatic carbocycles. The third kappa shape index (κ3) is 2.54. The summed E-state index contributed by atoms with van der Waals surface area (Å²) in [7, 11) is 0. The molecule has 2 nitrogen and oxygen atoms in total. The lowest BCUT2D eigenvalue weighted by Gasteiger charge is -2.03. The number of nitrogens with zero attached hydrogens (tertiary/aromatic N) is 2. The van der Waals surface area contributed by atoms with Crippen molar-refractivity contribution in [1.29, 1.82) is 5.26 Å². The minimum Gasteiger partial charge on any atom is -0.245 e. The Balaban J connectivity index is 2.28. The molecule has 16 heavy (non-hydrogen) atoms. The van der Waals surface area contributed by atoms with Gasteiger partial charge in [-0.2, -0.15) is 5.26 Å². The first-order valence-corrected chi connectivity index (χ1v) is 5.77. The van der Waals surface area contributed by atoms with Crippen LogP contribution in [0, 0.1) is 11.3 Å². The Morgan fingerprint density at radius 1 is 1.25 bits per heavy atom. The van der Waals surface area contributed by atoms with E-state index in [2.05, 4.69) is 4.98 Å². The summed E-state index contributed by atoms with van der Waals surface area (Å²) in [6.45, 7) is 0. The Labute approximate surface area is 103 Å². The first-order chi connectivity index (χ1) is 7.79. The standard InChI is InChI=1S/C12H7ClN2S/c13-11-3-1-2-4-12(11)16-10-5-6-15-9(7-10)8-14/h1-7H. The zero-order valence-corrected chi connectivity index (χ0v) is 9.79. The monoisotopic (exact) mass is 246 g/mol. The molecule has 0 atom stereocenters. The van der Waals surface area contributed by atoms with Gasteiger partial charge in [0.15, 0.2) is 0 Å². The van der Waals surface area contributed by atoms with Crippen LogP contribution in [0.15, 0.2) is 52.4 Å². The number of hydrogen-bond donors (Lipinski definition) is 0. The van der Waals surface area contributed by atoms with Gasteiger partial charge in [0.05, 0.1) is 5.02 Å². The lowest BCUT2D eigenvalue weighted by atomic mass is 10.4. The molecular weight excluding hydrogens is 240 g/mol. The van der Waals surface area contributed by atoms with Crippen molar-refractivity contribution in [2.75, 3.05) is 0 Å². The number of halogens is 1. The Morgan fingerprint density at radius 3 is 2.81 bits per heavy atom. The zero-order valence-electron chi connectivity index (χ0n) is 8.22. The summed E-state index contributed by atoms with van der Waals surface area (Å²) in [4.78, 5) is 5.84. The molecule has 1 heterocycles. The van der Waals surface area contributed by atoms with Gasteiger partial charge in [-0.3, -0.25) is 0 Å². The van der Waals surface area contributed by atoms with Gasteiger partial charge in [-0.05, 0) is 24.3 Å². The van der Waals surface area contributed by atoms with Gasteiger partial charge in [0, 0.05) is 16.0 Å². The third-order valence-corrected chi connectivity index (χ3v) is 3.42. The maximum absolute atomic E-state index is 8.73. The van der Waals surface area contributed by atoms with E-state index in [0.717, 1.165) is 9.79 Å². The fraction of sp³-hybridized carbons (Fsp3) is 0. The first-order valence-electron chi connectivity index (χ1n) is 4.58. The Hall–Kier alpha value is -1.50. The van der Waals surface area contributed by atoms with Gasteiger partial charge in [-0.25, -0.2) is 4.98 Å². The molecule has 2 rings (SSSR count). The van der Waals surface area contributed by atoms with E-state index < -0.39 is 0 Å². The highest BCUT2D eigenvalue weighted by Gasteiger charge is 2.02. The van der Waals surface area contributed by atoms with E-state index in [1.807, 2.05) is 36.4 Å². The minimum atomic E-state index is 0.414. The summed E-state index contributed by atoms with van der Waals surface area (Å²) in [6, 6.07) is 13.2. The van der Waals surface area contributed by atoms with Gasteiger partial charge in [-0.15, -0.1) is 0 Å². The maximum Gasteiger partial charge on any atom is 0.141 e. The summed E-state index contributed by atoms with van der Waals surface area (Å²) < 4.78 is 0. The molecule has 2 aromatic rings. The number of nitriles is 1. The average Bonchev–Trinajstić information content (AvgIpc) is 2.32. The van der Waals surface area contributed by atoms with Crippen LogP contribution in [0.2, 0.25) is 5.02 Å². The van der Waals surface area contributed by atoms with E-state index in [0.29, 0.717) is 10.7 Å². The van der Waals surface area contributed by atoms with Crippen molar-refractivity contribution in [1.82, 2.24) is 4.98 Å². The molecule has 0 N–H and O–H groups in total. The van der Waals surface area contributed by atoms with E-state index >= 15 is 0 Å². The van der Waals surface area contributed by atoms with Gasteiger partial charge in [0.1, 0.15) is 11.8 Å². The highest BCUT2D eigenvalue weighted by molar-refractivity contribution is 7.99. The molecule has 0 saturated carbocycles. The van der Waals surface area contributed by atoms with Crippen LogP contribution < -0.4 is 0 Å². The van der Waals surface area contributed by atoms with Crippen LogP contribution in [0.3, 0.4) is 0 Å². The van der Waals surface area contributed by atoms with Crippen LogP contribution in [0.4, 0.5) is 0 Å². The molecule has 0 spiro atoms.